The van der Waals surface area contributed by atoms with Crippen LogP contribution in [0.5, 0.6) is 0 Å². The topological polar surface area (TPSA) is 86.8 Å². The zero-order valence-corrected chi connectivity index (χ0v) is 10.8. The highest BCUT2D eigenvalue weighted by Gasteiger charge is 2.18. The number of benzene rings is 1. The largest absolute Gasteiger partial charge is 0.478 e. The van der Waals surface area contributed by atoms with Crippen LogP contribution >= 0.6 is 0 Å². The minimum Gasteiger partial charge on any atom is -0.478 e. The third kappa shape index (κ3) is 3.37. The molecule has 1 aromatic rings. The summed E-state index contributed by atoms with van der Waals surface area (Å²) in [4.78, 5) is 13.2. The summed E-state index contributed by atoms with van der Waals surface area (Å²) in [7, 11) is 0. The lowest BCUT2D eigenvalue weighted by molar-refractivity contribution is 0.0697. The number of aromatic carboxylic acids is 1. The van der Waals surface area contributed by atoms with Crippen molar-refractivity contribution in [2.75, 3.05) is 23.8 Å². The van der Waals surface area contributed by atoms with Crippen molar-refractivity contribution < 1.29 is 15.0 Å². The second kappa shape index (κ2) is 6.26. The summed E-state index contributed by atoms with van der Waals surface area (Å²) in [6.45, 7) is 4.66. The minimum absolute atomic E-state index is 0.0839. The molecule has 0 amide bonds. The zero-order chi connectivity index (χ0) is 13.7. The van der Waals surface area contributed by atoms with E-state index in [1.807, 2.05) is 18.7 Å². The maximum absolute atomic E-state index is 11.2. The van der Waals surface area contributed by atoms with Crippen molar-refractivity contribution in [3.8, 4) is 0 Å². The summed E-state index contributed by atoms with van der Waals surface area (Å²) in [6, 6.07) is 5.02. The van der Waals surface area contributed by atoms with E-state index in [1.165, 1.54) is 6.07 Å². The number of nitrogens with zero attached hydrogens (tertiary/aromatic N) is 1. The molecular formula is C13H20N2O3. The quantitative estimate of drug-likeness (QED) is 0.669. The lowest BCUT2D eigenvalue weighted by Gasteiger charge is -2.30. The van der Waals surface area contributed by atoms with Gasteiger partial charge in [-0.05, 0) is 38.5 Å². The molecule has 0 aliphatic carbocycles. The van der Waals surface area contributed by atoms with E-state index in [4.69, 9.17) is 10.8 Å². The van der Waals surface area contributed by atoms with Crippen molar-refractivity contribution in [1.82, 2.24) is 0 Å². The smallest absolute Gasteiger partial charge is 0.337 e. The van der Waals surface area contributed by atoms with Gasteiger partial charge >= 0.3 is 5.97 Å². The molecule has 0 spiro atoms. The Morgan fingerprint density at radius 1 is 1.44 bits per heavy atom. The number of anilines is 2. The van der Waals surface area contributed by atoms with Gasteiger partial charge in [-0.15, -0.1) is 0 Å². The van der Waals surface area contributed by atoms with Crippen LogP contribution in [0.1, 0.15) is 30.6 Å². The number of carboxylic acid groups (broad SMARTS) is 1. The average Bonchev–Trinajstić information content (AvgIpc) is 2.30. The normalized spacial score (nSPS) is 10.7. The fraction of sp³-hybridized carbons (Fsp3) is 0.462. The fourth-order valence-corrected chi connectivity index (χ4v) is 1.87. The highest BCUT2D eigenvalue weighted by atomic mass is 16.4. The lowest BCUT2D eigenvalue weighted by Crippen LogP contribution is -2.33. The Balaban J connectivity index is 3.14. The van der Waals surface area contributed by atoms with E-state index < -0.39 is 5.97 Å². The summed E-state index contributed by atoms with van der Waals surface area (Å²) >= 11 is 0. The monoisotopic (exact) mass is 252 g/mol. The average molecular weight is 252 g/mol. The SMILES string of the molecule is CC(C)N(CCCO)c1ccc(N)cc1C(=O)O. The molecule has 1 rings (SSSR count). The molecule has 0 heterocycles. The lowest BCUT2D eigenvalue weighted by atomic mass is 10.1. The molecule has 0 aromatic heterocycles. The number of nitrogen functional groups attached to an aromatic ring is 1. The molecule has 4 N–H and O–H groups in total. The molecule has 0 saturated carbocycles. The van der Waals surface area contributed by atoms with Crippen molar-refractivity contribution in [1.29, 1.82) is 0 Å². The van der Waals surface area contributed by atoms with E-state index in [0.29, 0.717) is 24.3 Å². The predicted octanol–water partition coefficient (Wildman–Crippen LogP) is 1.56. The molecule has 0 atom stereocenters. The van der Waals surface area contributed by atoms with Gasteiger partial charge in [-0.1, -0.05) is 0 Å². The van der Waals surface area contributed by atoms with Crippen LogP contribution in [0.2, 0.25) is 0 Å². The maximum Gasteiger partial charge on any atom is 0.337 e. The second-order valence-corrected chi connectivity index (χ2v) is 4.45. The van der Waals surface area contributed by atoms with Gasteiger partial charge < -0.3 is 20.8 Å². The van der Waals surface area contributed by atoms with E-state index in [-0.39, 0.29) is 18.2 Å². The van der Waals surface area contributed by atoms with Crippen LogP contribution in [-0.2, 0) is 0 Å². The molecule has 0 unspecified atom stereocenters. The number of hydrogen-bond acceptors (Lipinski definition) is 4. The summed E-state index contributed by atoms with van der Waals surface area (Å²) in [5.74, 6) is -0.994. The van der Waals surface area contributed by atoms with Crippen LogP contribution in [0.15, 0.2) is 18.2 Å². The third-order valence-corrected chi connectivity index (χ3v) is 2.74. The fourth-order valence-electron chi connectivity index (χ4n) is 1.87. The third-order valence-electron chi connectivity index (χ3n) is 2.74. The summed E-state index contributed by atoms with van der Waals surface area (Å²) in [5.41, 5.74) is 6.89. The molecule has 5 heteroatoms. The van der Waals surface area contributed by atoms with E-state index in [1.54, 1.807) is 12.1 Å². The first-order chi connectivity index (χ1) is 8.47. The highest BCUT2D eigenvalue weighted by Crippen LogP contribution is 2.25. The number of rotatable bonds is 6. The molecule has 5 nitrogen and oxygen atoms in total. The van der Waals surface area contributed by atoms with Crippen molar-refractivity contribution in [2.24, 2.45) is 0 Å². The van der Waals surface area contributed by atoms with E-state index in [0.717, 1.165) is 0 Å². The van der Waals surface area contributed by atoms with Gasteiger partial charge in [0.2, 0.25) is 0 Å². The van der Waals surface area contributed by atoms with Crippen LogP contribution in [-0.4, -0.2) is 35.4 Å². The van der Waals surface area contributed by atoms with Crippen molar-refractivity contribution >= 4 is 17.3 Å². The van der Waals surface area contributed by atoms with Crippen LogP contribution < -0.4 is 10.6 Å². The van der Waals surface area contributed by atoms with Crippen LogP contribution in [0, 0.1) is 0 Å². The van der Waals surface area contributed by atoms with E-state index in [2.05, 4.69) is 0 Å². The Kier molecular flexibility index (Phi) is 4.97. The minimum atomic E-state index is -0.994. The van der Waals surface area contributed by atoms with E-state index in [9.17, 15) is 9.90 Å². The van der Waals surface area contributed by atoms with Crippen LogP contribution in [0.3, 0.4) is 0 Å². The highest BCUT2D eigenvalue weighted by molar-refractivity contribution is 5.95. The molecule has 0 radical (unpaired) electrons. The summed E-state index contributed by atoms with van der Waals surface area (Å²) in [6.07, 6.45) is 0.599. The van der Waals surface area contributed by atoms with Gasteiger partial charge in [0, 0.05) is 24.9 Å². The predicted molar refractivity (Wildman–Crippen MR) is 72.0 cm³/mol. The molecular weight excluding hydrogens is 232 g/mol. The number of carbonyl (C=O) groups is 1. The maximum atomic E-state index is 11.2. The molecule has 0 saturated heterocycles. The Bertz CT molecular complexity index is 419. The molecule has 0 aliphatic rings. The molecule has 0 aliphatic heterocycles. The molecule has 0 bridgehead atoms. The van der Waals surface area contributed by atoms with Gasteiger partial charge in [-0.25, -0.2) is 4.79 Å². The first kappa shape index (κ1) is 14.3. The summed E-state index contributed by atoms with van der Waals surface area (Å²) < 4.78 is 0. The number of hydrogen-bond donors (Lipinski definition) is 3. The first-order valence-corrected chi connectivity index (χ1v) is 5.97. The van der Waals surface area contributed by atoms with Crippen molar-refractivity contribution in [2.45, 2.75) is 26.3 Å². The molecule has 1 aromatic carbocycles. The number of aliphatic hydroxyl groups is 1. The number of carboxylic acids is 1. The van der Waals surface area contributed by atoms with Gasteiger partial charge in [0.1, 0.15) is 0 Å². The van der Waals surface area contributed by atoms with Gasteiger partial charge in [0.05, 0.1) is 11.3 Å². The van der Waals surface area contributed by atoms with Crippen molar-refractivity contribution in [3.63, 3.8) is 0 Å². The molecule has 18 heavy (non-hydrogen) atoms. The molecule has 100 valence electrons. The van der Waals surface area contributed by atoms with Crippen molar-refractivity contribution in [3.05, 3.63) is 23.8 Å². The second-order valence-electron chi connectivity index (χ2n) is 4.45. The molecule has 0 fully saturated rings. The Labute approximate surface area is 107 Å². The van der Waals surface area contributed by atoms with Crippen LogP contribution in [0.25, 0.3) is 0 Å². The van der Waals surface area contributed by atoms with Gasteiger partial charge in [-0.3, -0.25) is 0 Å². The number of aliphatic hydroxyl groups excluding tert-OH is 1. The van der Waals surface area contributed by atoms with Crippen LogP contribution in [0.4, 0.5) is 11.4 Å². The Morgan fingerprint density at radius 3 is 2.61 bits per heavy atom. The van der Waals surface area contributed by atoms with Gasteiger partial charge in [-0.2, -0.15) is 0 Å². The standard InChI is InChI=1S/C13H20N2O3/c1-9(2)15(6-3-7-16)12-5-4-10(14)8-11(12)13(17)18/h4-5,8-9,16H,3,6-7,14H2,1-2H3,(H,17,18). The van der Waals surface area contributed by atoms with E-state index >= 15 is 0 Å². The van der Waals surface area contributed by atoms with Gasteiger partial charge in [0.15, 0.2) is 0 Å². The zero-order valence-electron chi connectivity index (χ0n) is 10.8. The first-order valence-electron chi connectivity index (χ1n) is 5.97. The number of nitrogens with two attached hydrogens (primary N) is 1. The Morgan fingerprint density at radius 2 is 2.11 bits per heavy atom. The summed E-state index contributed by atoms with van der Waals surface area (Å²) in [5, 5.41) is 18.1. The van der Waals surface area contributed by atoms with Gasteiger partial charge in [0.25, 0.3) is 0 Å². The Hall–Kier alpha value is -1.75.